The molecule has 11 atom stereocenters. The second-order valence-corrected chi connectivity index (χ2v) is 12.1. The Labute approximate surface area is 177 Å². The van der Waals surface area contributed by atoms with Crippen molar-refractivity contribution < 1.29 is 9.84 Å². The summed E-state index contributed by atoms with van der Waals surface area (Å²) in [4.78, 5) is 0. The Bertz CT molecular complexity index is 695. The average molecular weight is 400 g/mol. The van der Waals surface area contributed by atoms with Crippen LogP contribution in [0.4, 0.5) is 0 Å². The molecule has 0 aromatic rings. The third-order valence-corrected chi connectivity index (χ3v) is 10.9. The normalized spacial score (nSPS) is 58.9. The lowest BCUT2D eigenvalue weighted by molar-refractivity contribution is -0.110. The molecule has 0 unspecified atom stereocenters. The van der Waals surface area contributed by atoms with Gasteiger partial charge in [-0.25, -0.2) is 0 Å². The van der Waals surface area contributed by atoms with E-state index in [0.29, 0.717) is 17.4 Å². The summed E-state index contributed by atoms with van der Waals surface area (Å²) in [6.07, 6.45) is 14.0. The van der Waals surface area contributed by atoms with Gasteiger partial charge in [-0.05, 0) is 98.7 Å². The summed E-state index contributed by atoms with van der Waals surface area (Å²) in [5.41, 5.74) is 1.94. The molecule has 5 fully saturated rings. The largest absolute Gasteiger partial charge is 0.393 e. The van der Waals surface area contributed by atoms with Crippen molar-refractivity contribution >= 4 is 0 Å². The zero-order chi connectivity index (χ0) is 20.0. The van der Waals surface area contributed by atoms with Crippen LogP contribution in [-0.4, -0.2) is 29.6 Å². The number of fused-ring (bicyclic) bond motifs is 7. The molecule has 2 heterocycles. The van der Waals surface area contributed by atoms with E-state index in [-0.39, 0.29) is 11.8 Å². The molecule has 3 nitrogen and oxygen atoms in total. The maximum absolute atomic E-state index is 10.2. The van der Waals surface area contributed by atoms with Crippen molar-refractivity contribution in [2.75, 3.05) is 6.54 Å². The monoisotopic (exact) mass is 399 g/mol. The number of hydrogen-bond acceptors (Lipinski definition) is 3. The highest BCUT2D eigenvalue weighted by atomic mass is 16.5. The molecule has 3 saturated carbocycles. The molecule has 0 bridgehead atoms. The van der Waals surface area contributed by atoms with E-state index in [9.17, 15) is 5.11 Å². The molecule has 6 rings (SSSR count). The van der Waals surface area contributed by atoms with Gasteiger partial charge >= 0.3 is 0 Å². The van der Waals surface area contributed by atoms with Crippen molar-refractivity contribution in [3.8, 4) is 0 Å². The van der Waals surface area contributed by atoms with Crippen LogP contribution in [0.2, 0.25) is 0 Å². The maximum Gasteiger partial charge on any atom is 0.122 e. The van der Waals surface area contributed by atoms with E-state index < -0.39 is 0 Å². The summed E-state index contributed by atoms with van der Waals surface area (Å²) in [5, 5.41) is 14.1. The van der Waals surface area contributed by atoms with E-state index in [1.807, 2.05) is 0 Å². The molecule has 3 heteroatoms. The quantitative estimate of drug-likeness (QED) is 0.570. The number of rotatable bonds is 0. The molecule has 0 aromatic heterocycles. The van der Waals surface area contributed by atoms with Gasteiger partial charge in [-0.2, -0.15) is 0 Å². The number of nitrogens with one attached hydrogen (secondary N) is 1. The van der Waals surface area contributed by atoms with Gasteiger partial charge in [-0.3, -0.25) is 5.32 Å². The van der Waals surface area contributed by atoms with E-state index in [0.717, 1.165) is 54.9 Å². The van der Waals surface area contributed by atoms with Gasteiger partial charge in [0.05, 0.1) is 12.2 Å². The molecule has 2 aliphatic heterocycles. The third-order valence-electron chi connectivity index (χ3n) is 10.9. The van der Waals surface area contributed by atoms with E-state index in [1.165, 1.54) is 44.9 Å². The minimum absolute atomic E-state index is 0.0191. The standard InChI is InChI=1S/C26H41NO2/c1-15-8-11-26(27-14-15)16(2)24-20-6-7-22-19(21(20)13-23(24)29-26)5-4-17-12-18(28)9-10-25(17,22)3/h4,15-16,18-24,27-28H,5-14H2,1-3H3/t15-,16-,18-,19-,20+,21+,22-,23-,24+,25-,26+/m1/s1. The van der Waals surface area contributed by atoms with Gasteiger partial charge in [-0.1, -0.05) is 32.4 Å². The molecule has 6 aliphatic rings. The van der Waals surface area contributed by atoms with Crippen molar-refractivity contribution in [2.24, 2.45) is 46.8 Å². The summed E-state index contributed by atoms with van der Waals surface area (Å²) in [7, 11) is 0. The number of aliphatic hydroxyl groups is 1. The smallest absolute Gasteiger partial charge is 0.122 e. The van der Waals surface area contributed by atoms with Crippen LogP contribution in [0, 0.1) is 46.8 Å². The van der Waals surface area contributed by atoms with Crippen LogP contribution >= 0.6 is 0 Å². The van der Waals surface area contributed by atoms with E-state index in [2.05, 4.69) is 32.2 Å². The fourth-order valence-electron chi connectivity index (χ4n) is 9.30. The minimum Gasteiger partial charge on any atom is -0.393 e. The molecule has 1 spiro atoms. The van der Waals surface area contributed by atoms with Crippen LogP contribution < -0.4 is 5.32 Å². The van der Waals surface area contributed by atoms with Crippen molar-refractivity contribution in [2.45, 2.75) is 96.5 Å². The molecule has 0 amide bonds. The lowest BCUT2D eigenvalue weighted by Gasteiger charge is -2.55. The van der Waals surface area contributed by atoms with E-state index >= 15 is 0 Å². The van der Waals surface area contributed by atoms with E-state index in [4.69, 9.17) is 4.74 Å². The number of piperidine rings is 1. The summed E-state index contributed by atoms with van der Waals surface area (Å²) in [6, 6.07) is 0. The average Bonchev–Trinajstić information content (AvgIpc) is 3.19. The highest BCUT2D eigenvalue weighted by Gasteiger charge is 2.63. The molecule has 162 valence electrons. The SMILES string of the molecule is C[C@@H]1CC[C@]2(NC1)O[C@@H]1C[C@H]3[C@H]4CC=C5C[C@H](O)CC[C@@]5(C)[C@@H]4CC[C@@H]3[C@@H]1[C@H]2C. The Morgan fingerprint density at radius 1 is 1.07 bits per heavy atom. The first-order chi connectivity index (χ1) is 13.9. The van der Waals surface area contributed by atoms with Crippen molar-refractivity contribution in [1.82, 2.24) is 5.32 Å². The highest BCUT2D eigenvalue weighted by molar-refractivity contribution is 5.25. The lowest BCUT2D eigenvalue weighted by atomic mass is 9.50. The van der Waals surface area contributed by atoms with Crippen LogP contribution in [-0.2, 0) is 4.74 Å². The topological polar surface area (TPSA) is 41.5 Å². The fraction of sp³-hybridized carbons (Fsp3) is 0.923. The number of hydrogen-bond donors (Lipinski definition) is 2. The highest BCUT2D eigenvalue weighted by Crippen LogP contribution is 2.65. The first kappa shape index (κ1) is 19.3. The predicted octanol–water partition coefficient (Wildman–Crippen LogP) is 4.90. The van der Waals surface area contributed by atoms with Crippen LogP contribution in [0.5, 0.6) is 0 Å². The van der Waals surface area contributed by atoms with Gasteiger partial charge in [-0.15, -0.1) is 0 Å². The molecular formula is C26H41NO2. The van der Waals surface area contributed by atoms with Crippen LogP contribution in [0.15, 0.2) is 11.6 Å². The summed E-state index contributed by atoms with van der Waals surface area (Å²) in [6.45, 7) is 8.54. The van der Waals surface area contributed by atoms with Gasteiger partial charge < -0.3 is 9.84 Å². The summed E-state index contributed by atoms with van der Waals surface area (Å²) in [5.74, 6) is 5.66. The van der Waals surface area contributed by atoms with Gasteiger partial charge in [0.25, 0.3) is 0 Å². The zero-order valence-electron chi connectivity index (χ0n) is 18.7. The van der Waals surface area contributed by atoms with E-state index in [1.54, 1.807) is 5.57 Å². The minimum atomic E-state index is -0.0933. The molecular weight excluding hydrogens is 358 g/mol. The molecule has 2 saturated heterocycles. The lowest BCUT2D eigenvalue weighted by Crippen LogP contribution is -2.55. The van der Waals surface area contributed by atoms with Crippen LogP contribution in [0.25, 0.3) is 0 Å². The first-order valence-electron chi connectivity index (χ1n) is 12.7. The van der Waals surface area contributed by atoms with Crippen molar-refractivity contribution in [1.29, 1.82) is 0 Å². The fourth-order valence-corrected chi connectivity index (χ4v) is 9.30. The Balaban J connectivity index is 1.24. The van der Waals surface area contributed by atoms with Crippen molar-refractivity contribution in [3.63, 3.8) is 0 Å². The Morgan fingerprint density at radius 3 is 2.72 bits per heavy atom. The number of ether oxygens (including phenoxy) is 1. The van der Waals surface area contributed by atoms with Gasteiger partial charge in [0, 0.05) is 12.5 Å². The summed E-state index contributed by atoms with van der Waals surface area (Å²) < 4.78 is 6.93. The van der Waals surface area contributed by atoms with Crippen molar-refractivity contribution in [3.05, 3.63) is 11.6 Å². The Hall–Kier alpha value is -0.380. The predicted molar refractivity (Wildman–Crippen MR) is 115 cm³/mol. The molecule has 29 heavy (non-hydrogen) atoms. The Morgan fingerprint density at radius 2 is 1.93 bits per heavy atom. The molecule has 0 aromatic carbocycles. The Kier molecular flexibility index (Phi) is 4.37. The van der Waals surface area contributed by atoms with Gasteiger partial charge in [0.1, 0.15) is 5.72 Å². The van der Waals surface area contributed by atoms with Crippen LogP contribution in [0.1, 0.15) is 78.6 Å². The maximum atomic E-state index is 10.2. The van der Waals surface area contributed by atoms with Crippen LogP contribution in [0.3, 0.4) is 0 Å². The second kappa shape index (κ2) is 6.56. The third kappa shape index (κ3) is 2.66. The van der Waals surface area contributed by atoms with Gasteiger partial charge in [0.2, 0.25) is 0 Å². The number of aliphatic hydroxyl groups excluding tert-OH is 1. The summed E-state index contributed by atoms with van der Waals surface area (Å²) >= 11 is 0. The molecule has 2 N–H and O–H groups in total. The second-order valence-electron chi connectivity index (χ2n) is 12.1. The number of allylic oxidation sites excluding steroid dienone is 1. The molecule has 0 radical (unpaired) electrons. The zero-order valence-corrected chi connectivity index (χ0v) is 18.7. The first-order valence-corrected chi connectivity index (χ1v) is 12.7. The molecule has 4 aliphatic carbocycles. The van der Waals surface area contributed by atoms with Gasteiger partial charge in [0.15, 0.2) is 0 Å².